The predicted molar refractivity (Wildman–Crippen MR) is 497 cm³/mol. The van der Waals surface area contributed by atoms with E-state index in [4.69, 9.17) is 8.83 Å². The van der Waals surface area contributed by atoms with Gasteiger partial charge in [-0.15, -0.1) is 0 Å². The summed E-state index contributed by atoms with van der Waals surface area (Å²) in [4.78, 5) is 4.79. The molecule has 2 heterocycles. The van der Waals surface area contributed by atoms with Gasteiger partial charge in [-0.25, -0.2) is 0 Å². The maximum absolute atomic E-state index is 6.46. The molecule has 2 aliphatic carbocycles. The van der Waals surface area contributed by atoms with Crippen molar-refractivity contribution >= 4 is 110 Å². The lowest BCUT2D eigenvalue weighted by Gasteiger charge is -2.28. The highest BCUT2D eigenvalue weighted by Gasteiger charge is 2.38. The standard InChI is InChI=1S/C59H41NO.C55H39NO/c1-59(2)55-36-44(43-22-21-38-11-3-4-13-42(38)35-43)27-33-51(55)52-34-32-47(37-56(52)59)60(45-28-23-40(24-29-45)49-17-9-14-39-12-5-6-15-48(39)49)46-30-25-41(26-31-46)50-18-10-19-54-53-16-7-8-20-57(53)61-58(50)54;1-55(2)51-34-42(41-20-19-37-13-6-7-14-40(37)33-41)25-31-47(51)48-32-30-45(35-52(48)55)56(43-26-21-38(22-27-43)36-11-4-3-5-12-36)44-28-23-39(24-29-44)46-16-10-17-50-49-15-8-9-18-53(49)57-54(46)50/h3-37H,1-2H3;3-35H,1-2H3. The minimum Gasteiger partial charge on any atom is -0.455 e. The third kappa shape index (κ3) is 11.9. The van der Waals surface area contributed by atoms with Gasteiger partial charge in [0, 0.05) is 77.6 Å². The van der Waals surface area contributed by atoms with E-state index in [-0.39, 0.29) is 10.8 Å². The summed E-state index contributed by atoms with van der Waals surface area (Å²) in [5, 5.41) is 12.1. The van der Waals surface area contributed by atoms with Crippen LogP contribution in [0, 0.1) is 0 Å². The first kappa shape index (κ1) is 69.8. The first-order chi connectivity index (χ1) is 58.0. The SMILES string of the molecule is CC1(C)c2cc(-c3ccc4ccccc4c3)ccc2-c2ccc(N(c3ccc(-c4cccc5ccccc45)cc3)c3ccc(-c4cccc5c4oc4ccccc45)cc3)cc21.CC1(C)c2cc(-c3ccc4ccccc4c3)ccc2-c2ccc(N(c3ccc(-c4ccccc4)cc3)c3ccc(-c4cccc5c4oc4ccccc45)cc3)cc21. The lowest BCUT2D eigenvalue weighted by molar-refractivity contribution is 0.660. The molecule has 0 radical (unpaired) electrons. The molecule has 21 aromatic rings. The Bertz CT molecular complexity index is 7530. The third-order valence-corrected chi connectivity index (χ3v) is 25.1. The van der Waals surface area contributed by atoms with Crippen molar-refractivity contribution in [1.82, 2.24) is 0 Å². The molecular weight excluding hydrogens is 1430 g/mol. The molecule has 118 heavy (non-hydrogen) atoms. The van der Waals surface area contributed by atoms with Crippen LogP contribution >= 0.6 is 0 Å². The van der Waals surface area contributed by atoms with E-state index in [2.05, 4.69) is 426 Å². The van der Waals surface area contributed by atoms with E-state index in [0.29, 0.717) is 0 Å². The maximum atomic E-state index is 6.46. The Morgan fingerprint density at radius 1 is 0.178 bits per heavy atom. The van der Waals surface area contributed by atoms with Gasteiger partial charge < -0.3 is 18.6 Å². The van der Waals surface area contributed by atoms with E-state index >= 15 is 0 Å². The highest BCUT2D eigenvalue weighted by molar-refractivity contribution is 6.11. The lowest BCUT2D eigenvalue weighted by atomic mass is 9.81. The van der Waals surface area contributed by atoms with Crippen molar-refractivity contribution in [3.8, 4) is 89.0 Å². The van der Waals surface area contributed by atoms with Gasteiger partial charge in [0.1, 0.15) is 22.3 Å². The summed E-state index contributed by atoms with van der Waals surface area (Å²) in [6.45, 7) is 9.50. The Balaban J connectivity index is 0.000000143. The molecule has 0 aliphatic heterocycles. The Labute approximate surface area is 686 Å². The zero-order valence-electron chi connectivity index (χ0n) is 66.0. The topological polar surface area (TPSA) is 32.8 Å². The van der Waals surface area contributed by atoms with Crippen LogP contribution in [0.25, 0.3) is 165 Å². The monoisotopic (exact) mass is 1510 g/mol. The van der Waals surface area contributed by atoms with Crippen LogP contribution in [0.4, 0.5) is 34.1 Å². The van der Waals surface area contributed by atoms with Crippen LogP contribution in [0.15, 0.2) is 421 Å². The van der Waals surface area contributed by atoms with Crippen LogP contribution in [0.3, 0.4) is 0 Å². The summed E-state index contributed by atoms with van der Waals surface area (Å²) in [7, 11) is 0. The zero-order chi connectivity index (χ0) is 78.7. The Morgan fingerprint density at radius 2 is 0.475 bits per heavy atom. The van der Waals surface area contributed by atoms with Crippen LogP contribution in [0.2, 0.25) is 0 Å². The molecule has 0 atom stereocenters. The van der Waals surface area contributed by atoms with Gasteiger partial charge in [0.15, 0.2) is 0 Å². The highest BCUT2D eigenvalue weighted by Crippen LogP contribution is 2.55. The summed E-state index contributed by atoms with van der Waals surface area (Å²) in [6, 6.07) is 150. The van der Waals surface area contributed by atoms with E-state index in [0.717, 1.165) is 100 Å². The van der Waals surface area contributed by atoms with Crippen molar-refractivity contribution in [2.75, 3.05) is 9.80 Å². The number of hydrogen-bond acceptors (Lipinski definition) is 4. The summed E-state index contributed by atoms with van der Waals surface area (Å²) < 4.78 is 12.9. The number of anilines is 6. The molecule has 23 rings (SSSR count). The molecule has 2 aromatic heterocycles. The molecule has 0 N–H and O–H groups in total. The first-order valence-electron chi connectivity index (χ1n) is 40.9. The van der Waals surface area contributed by atoms with Crippen LogP contribution in [0.1, 0.15) is 49.9 Å². The van der Waals surface area contributed by atoms with Crippen molar-refractivity contribution in [3.05, 3.63) is 435 Å². The number of benzene rings is 19. The van der Waals surface area contributed by atoms with Gasteiger partial charge in [0.2, 0.25) is 0 Å². The van der Waals surface area contributed by atoms with Gasteiger partial charge >= 0.3 is 0 Å². The lowest BCUT2D eigenvalue weighted by Crippen LogP contribution is -2.16. The summed E-state index contributed by atoms with van der Waals surface area (Å²) in [5.74, 6) is 0. The maximum Gasteiger partial charge on any atom is 0.143 e. The summed E-state index contributed by atoms with van der Waals surface area (Å²) in [5.41, 5.74) is 34.8. The molecule has 0 saturated carbocycles. The molecule has 558 valence electrons. The molecule has 0 amide bonds. The molecule has 0 fully saturated rings. The number of furan rings is 2. The van der Waals surface area contributed by atoms with Crippen LogP contribution in [-0.4, -0.2) is 0 Å². The van der Waals surface area contributed by atoms with Gasteiger partial charge in [-0.1, -0.05) is 331 Å². The zero-order valence-corrected chi connectivity index (χ0v) is 66.0. The number of rotatable bonds is 12. The first-order valence-corrected chi connectivity index (χ1v) is 40.9. The quantitative estimate of drug-likeness (QED) is 0.122. The largest absolute Gasteiger partial charge is 0.455 e. The van der Waals surface area contributed by atoms with Gasteiger partial charge in [-0.05, 0) is 242 Å². The fraction of sp³-hybridized carbons (Fsp3) is 0.0526. The Hall–Kier alpha value is -14.8. The van der Waals surface area contributed by atoms with Crippen molar-refractivity contribution in [2.45, 2.75) is 38.5 Å². The second-order valence-corrected chi connectivity index (χ2v) is 32.7. The normalized spacial score (nSPS) is 12.9. The van der Waals surface area contributed by atoms with E-state index in [1.807, 2.05) is 24.3 Å². The molecule has 0 unspecified atom stereocenters. The summed E-state index contributed by atoms with van der Waals surface area (Å²) in [6.07, 6.45) is 0. The Kier molecular flexibility index (Phi) is 16.6. The van der Waals surface area contributed by atoms with Crippen molar-refractivity contribution in [1.29, 1.82) is 0 Å². The minimum atomic E-state index is -0.202. The molecule has 4 nitrogen and oxygen atoms in total. The van der Waals surface area contributed by atoms with Crippen molar-refractivity contribution in [3.63, 3.8) is 0 Å². The minimum absolute atomic E-state index is 0.189. The molecule has 0 saturated heterocycles. The predicted octanol–water partition coefficient (Wildman–Crippen LogP) is 32.2. The Morgan fingerprint density at radius 3 is 0.932 bits per heavy atom. The van der Waals surface area contributed by atoms with Gasteiger partial charge in [-0.2, -0.15) is 0 Å². The molecular formula is C114H80N2O2. The van der Waals surface area contributed by atoms with Gasteiger partial charge in [0.05, 0.1) is 0 Å². The average Bonchev–Trinajstić information content (AvgIpc) is 1.57. The van der Waals surface area contributed by atoms with Crippen molar-refractivity contribution in [2.24, 2.45) is 0 Å². The third-order valence-electron chi connectivity index (χ3n) is 25.1. The van der Waals surface area contributed by atoms with Crippen molar-refractivity contribution < 1.29 is 8.83 Å². The van der Waals surface area contributed by atoms with Gasteiger partial charge in [-0.3, -0.25) is 0 Å². The second-order valence-electron chi connectivity index (χ2n) is 32.7. The number of nitrogens with zero attached hydrogens (tertiary/aromatic N) is 2. The fourth-order valence-corrected chi connectivity index (χ4v) is 19.0. The average molecular weight is 1510 g/mol. The molecule has 2 aliphatic rings. The van der Waals surface area contributed by atoms with E-state index < -0.39 is 0 Å². The molecule has 0 spiro atoms. The second kappa shape index (κ2) is 28.0. The highest BCUT2D eigenvalue weighted by atomic mass is 16.3. The molecule has 4 heteroatoms. The van der Waals surface area contributed by atoms with E-state index in [1.165, 1.54) is 121 Å². The number of fused-ring (bicyclic) bond motifs is 15. The number of para-hydroxylation sites is 4. The van der Waals surface area contributed by atoms with E-state index in [1.54, 1.807) is 0 Å². The van der Waals surface area contributed by atoms with Crippen LogP contribution in [0.5, 0.6) is 0 Å². The van der Waals surface area contributed by atoms with Gasteiger partial charge in [0.25, 0.3) is 0 Å². The number of hydrogen-bond donors (Lipinski definition) is 0. The van der Waals surface area contributed by atoms with Crippen LogP contribution in [-0.2, 0) is 10.8 Å². The summed E-state index contributed by atoms with van der Waals surface area (Å²) >= 11 is 0. The van der Waals surface area contributed by atoms with Crippen LogP contribution < -0.4 is 9.80 Å². The van der Waals surface area contributed by atoms with E-state index in [9.17, 15) is 0 Å². The molecule has 19 aromatic carbocycles. The molecule has 0 bridgehead atoms. The fourth-order valence-electron chi connectivity index (χ4n) is 19.0. The smallest absolute Gasteiger partial charge is 0.143 e.